The minimum atomic E-state index is -3.20. The van der Waals surface area contributed by atoms with Crippen LogP contribution in [0.15, 0.2) is 0 Å². The summed E-state index contributed by atoms with van der Waals surface area (Å²) in [5.74, 6) is -0.00973. The number of carbonyl (C=O) groups is 1. The summed E-state index contributed by atoms with van der Waals surface area (Å²) in [7, 11) is -1.59. The van der Waals surface area contributed by atoms with Gasteiger partial charge in [-0.25, -0.2) is 13.1 Å². The molecule has 0 bridgehead atoms. The number of amides is 1. The third-order valence-corrected chi connectivity index (χ3v) is 5.51. The second-order valence-corrected chi connectivity index (χ2v) is 7.12. The molecule has 2 N–H and O–H groups in total. The van der Waals surface area contributed by atoms with Crippen molar-refractivity contribution in [2.75, 3.05) is 31.3 Å². The molecule has 1 saturated heterocycles. The molecule has 8 heteroatoms. The molecule has 17 heavy (non-hydrogen) atoms. The van der Waals surface area contributed by atoms with Gasteiger partial charge in [0.1, 0.15) is 4.66 Å². The first kappa shape index (κ1) is 14.9. The number of alkyl halides is 1. The van der Waals surface area contributed by atoms with E-state index in [0.29, 0.717) is 6.54 Å². The fourth-order valence-corrected chi connectivity index (χ4v) is 2.98. The van der Waals surface area contributed by atoms with E-state index in [-0.39, 0.29) is 16.6 Å². The number of nitrogens with one attached hydrogen (secondary N) is 2. The van der Waals surface area contributed by atoms with Gasteiger partial charge in [-0.3, -0.25) is 9.69 Å². The topological polar surface area (TPSA) is 78.5 Å². The molecule has 1 aliphatic rings. The summed E-state index contributed by atoms with van der Waals surface area (Å²) >= 11 is 2.94. The van der Waals surface area contributed by atoms with Crippen LogP contribution in [0.2, 0.25) is 0 Å². The second-order valence-electron chi connectivity index (χ2n) is 4.07. The van der Waals surface area contributed by atoms with Gasteiger partial charge in [0.25, 0.3) is 0 Å². The largest absolute Gasteiger partial charge is 0.358 e. The molecule has 0 aromatic carbocycles. The third-order valence-electron chi connectivity index (χ3n) is 2.72. The molecule has 1 amide bonds. The van der Waals surface area contributed by atoms with E-state index in [1.54, 1.807) is 7.05 Å². The number of nitrogens with zero attached hydrogens (tertiary/aromatic N) is 1. The lowest BCUT2D eigenvalue weighted by molar-refractivity contribution is -0.122. The van der Waals surface area contributed by atoms with Gasteiger partial charge >= 0.3 is 0 Å². The Morgan fingerprint density at radius 2 is 2.00 bits per heavy atom. The lowest BCUT2D eigenvalue weighted by atomic mass is 10.1. The van der Waals surface area contributed by atoms with Gasteiger partial charge in [-0.1, -0.05) is 15.9 Å². The molecule has 0 saturated carbocycles. The minimum Gasteiger partial charge on any atom is -0.358 e. The van der Waals surface area contributed by atoms with E-state index in [4.69, 9.17) is 0 Å². The first-order valence-corrected chi connectivity index (χ1v) is 8.23. The van der Waals surface area contributed by atoms with Gasteiger partial charge in [0.05, 0.1) is 6.54 Å². The van der Waals surface area contributed by atoms with Crippen molar-refractivity contribution < 1.29 is 13.2 Å². The Balaban J connectivity index is 2.33. The number of hydrogen-bond acceptors (Lipinski definition) is 4. The molecule has 1 fully saturated rings. The molecule has 0 aliphatic carbocycles. The van der Waals surface area contributed by atoms with Gasteiger partial charge in [-0.2, -0.15) is 0 Å². The predicted molar refractivity (Wildman–Crippen MR) is 69.4 cm³/mol. The Bertz CT molecular complexity index is 352. The molecule has 0 aromatic heterocycles. The average Bonchev–Trinajstić information content (AvgIpc) is 2.31. The second kappa shape index (κ2) is 6.67. The van der Waals surface area contributed by atoms with Crippen LogP contribution in [0.5, 0.6) is 0 Å². The minimum absolute atomic E-state index is 0.00973. The SMILES string of the molecule is CNC(=O)CN1CCC(NS(=O)(=O)CBr)CC1. The van der Waals surface area contributed by atoms with Gasteiger partial charge in [-0.15, -0.1) is 0 Å². The van der Waals surface area contributed by atoms with E-state index in [1.165, 1.54) is 0 Å². The molecular formula is C9H18BrN3O3S. The van der Waals surface area contributed by atoms with Gasteiger partial charge in [0, 0.05) is 26.2 Å². The fraction of sp³-hybridized carbons (Fsp3) is 0.889. The highest BCUT2D eigenvalue weighted by molar-refractivity contribution is 9.10. The number of likely N-dealkylation sites (N-methyl/N-ethyl adjacent to an activating group) is 1. The zero-order valence-corrected chi connectivity index (χ0v) is 12.2. The molecule has 1 aliphatic heterocycles. The van der Waals surface area contributed by atoms with Crippen molar-refractivity contribution in [2.24, 2.45) is 0 Å². The molecule has 1 heterocycles. The molecule has 100 valence electrons. The molecule has 1 rings (SSSR count). The van der Waals surface area contributed by atoms with E-state index in [1.807, 2.05) is 4.90 Å². The molecule has 0 radical (unpaired) electrons. The normalized spacial score (nSPS) is 19.2. The summed E-state index contributed by atoms with van der Waals surface area (Å²) in [5, 5.41) is 2.57. The Morgan fingerprint density at radius 1 is 1.41 bits per heavy atom. The van der Waals surface area contributed by atoms with Crippen molar-refractivity contribution in [3.8, 4) is 0 Å². The molecule has 0 unspecified atom stereocenters. The molecular weight excluding hydrogens is 310 g/mol. The van der Waals surface area contributed by atoms with Gasteiger partial charge in [-0.05, 0) is 12.8 Å². The van der Waals surface area contributed by atoms with Crippen LogP contribution in [-0.2, 0) is 14.8 Å². The standard InChI is InChI=1S/C9H18BrN3O3S/c1-11-9(14)6-13-4-2-8(3-5-13)12-17(15,16)7-10/h8,12H,2-7H2,1H3,(H,11,14). The zero-order valence-electron chi connectivity index (χ0n) is 9.78. The zero-order chi connectivity index (χ0) is 12.9. The summed E-state index contributed by atoms with van der Waals surface area (Å²) in [6.45, 7) is 1.86. The lowest BCUT2D eigenvalue weighted by Crippen LogP contribution is -2.47. The highest BCUT2D eigenvalue weighted by atomic mass is 79.9. The summed E-state index contributed by atoms with van der Waals surface area (Å²) in [6, 6.07) is -0.0153. The molecule has 0 spiro atoms. The van der Waals surface area contributed by atoms with Gasteiger partial charge in [0.15, 0.2) is 0 Å². The van der Waals surface area contributed by atoms with E-state index in [0.717, 1.165) is 25.9 Å². The van der Waals surface area contributed by atoms with E-state index in [2.05, 4.69) is 26.0 Å². The van der Waals surface area contributed by atoms with Crippen molar-refractivity contribution in [2.45, 2.75) is 18.9 Å². The van der Waals surface area contributed by atoms with E-state index in [9.17, 15) is 13.2 Å². The van der Waals surface area contributed by atoms with Crippen molar-refractivity contribution >= 4 is 31.9 Å². The summed E-state index contributed by atoms with van der Waals surface area (Å²) in [5.41, 5.74) is 0. The quantitative estimate of drug-likeness (QED) is 0.665. The highest BCUT2D eigenvalue weighted by Gasteiger charge is 2.23. The van der Waals surface area contributed by atoms with Crippen LogP contribution in [0, 0.1) is 0 Å². The van der Waals surface area contributed by atoms with Crippen LogP contribution < -0.4 is 10.0 Å². The van der Waals surface area contributed by atoms with Crippen molar-refractivity contribution in [3.63, 3.8) is 0 Å². The van der Waals surface area contributed by atoms with Gasteiger partial charge < -0.3 is 5.32 Å². The fourth-order valence-electron chi connectivity index (χ4n) is 1.78. The number of likely N-dealkylation sites (tertiary alicyclic amines) is 1. The first-order valence-electron chi connectivity index (χ1n) is 5.45. The number of rotatable bonds is 5. The number of carbonyl (C=O) groups excluding carboxylic acids is 1. The predicted octanol–water partition coefficient (Wildman–Crippen LogP) is -0.531. The summed E-state index contributed by atoms with van der Waals surface area (Å²) < 4.78 is 25.2. The Kier molecular flexibility index (Phi) is 5.84. The molecule has 0 aromatic rings. The first-order chi connectivity index (χ1) is 7.96. The van der Waals surface area contributed by atoms with Gasteiger partial charge in [0.2, 0.25) is 15.9 Å². The number of halogens is 1. The summed E-state index contributed by atoms with van der Waals surface area (Å²) in [6.07, 6.45) is 1.48. The van der Waals surface area contributed by atoms with E-state index < -0.39 is 10.0 Å². The maximum atomic E-state index is 11.3. The van der Waals surface area contributed by atoms with Crippen molar-refractivity contribution in [1.82, 2.24) is 14.9 Å². The average molecular weight is 328 g/mol. The maximum absolute atomic E-state index is 11.3. The van der Waals surface area contributed by atoms with Crippen molar-refractivity contribution in [1.29, 1.82) is 0 Å². The Labute approximate surface area is 110 Å². The highest BCUT2D eigenvalue weighted by Crippen LogP contribution is 2.11. The van der Waals surface area contributed by atoms with Crippen LogP contribution >= 0.6 is 15.9 Å². The smallest absolute Gasteiger partial charge is 0.233 e. The maximum Gasteiger partial charge on any atom is 0.233 e. The van der Waals surface area contributed by atoms with Crippen LogP contribution in [0.25, 0.3) is 0 Å². The number of hydrogen-bond donors (Lipinski definition) is 2. The Hall–Kier alpha value is -0.180. The number of piperidine rings is 1. The molecule has 0 atom stereocenters. The monoisotopic (exact) mass is 327 g/mol. The lowest BCUT2D eigenvalue weighted by Gasteiger charge is -2.31. The third kappa shape index (κ3) is 5.33. The van der Waals surface area contributed by atoms with Crippen molar-refractivity contribution in [3.05, 3.63) is 0 Å². The number of sulfonamides is 1. The van der Waals surface area contributed by atoms with Crippen LogP contribution in [0.1, 0.15) is 12.8 Å². The Morgan fingerprint density at radius 3 is 2.47 bits per heavy atom. The molecule has 6 nitrogen and oxygen atoms in total. The van der Waals surface area contributed by atoms with Crippen LogP contribution in [0.3, 0.4) is 0 Å². The summed E-state index contributed by atoms with van der Waals surface area (Å²) in [4.78, 5) is 13.2. The van der Waals surface area contributed by atoms with Crippen LogP contribution in [-0.4, -0.2) is 56.6 Å². The van der Waals surface area contributed by atoms with E-state index >= 15 is 0 Å². The van der Waals surface area contributed by atoms with Crippen LogP contribution in [0.4, 0.5) is 0 Å².